The third-order valence-electron chi connectivity index (χ3n) is 7.94. The van der Waals surface area contributed by atoms with Crippen LogP contribution in [0.25, 0.3) is 21.5 Å². The van der Waals surface area contributed by atoms with E-state index in [1.54, 1.807) is 0 Å². The minimum Gasteiger partial charge on any atom is -0.393 e. The van der Waals surface area contributed by atoms with Crippen molar-refractivity contribution in [1.82, 2.24) is 9.55 Å². The third kappa shape index (κ3) is 7.34. The topological polar surface area (TPSA) is 148 Å². The van der Waals surface area contributed by atoms with E-state index in [4.69, 9.17) is 23.2 Å². The fourth-order valence-electron chi connectivity index (χ4n) is 5.83. The number of nitrogens with one attached hydrogen (secondary N) is 1. The van der Waals surface area contributed by atoms with E-state index in [2.05, 4.69) is 16.9 Å². The van der Waals surface area contributed by atoms with Gasteiger partial charge >= 0.3 is 5.69 Å². The lowest BCUT2D eigenvalue weighted by Gasteiger charge is -2.33. The zero-order chi connectivity index (χ0) is 33.0. The highest BCUT2D eigenvalue weighted by Gasteiger charge is 2.60. The molecule has 0 spiro atoms. The Bertz CT molecular complexity index is 2130. The molecule has 0 saturated carbocycles. The van der Waals surface area contributed by atoms with Gasteiger partial charge in [0.2, 0.25) is 0 Å². The van der Waals surface area contributed by atoms with Crippen molar-refractivity contribution in [3.05, 3.63) is 129 Å². The van der Waals surface area contributed by atoms with Crippen LogP contribution >= 0.6 is 0 Å². The lowest BCUT2D eigenvalue weighted by Crippen LogP contribution is -2.52. The van der Waals surface area contributed by atoms with E-state index in [0.717, 1.165) is 49.6 Å². The molecule has 1 N–H and O–H groups in total. The molecule has 6 rings (SSSR count). The Balaban J connectivity index is 1.37. The van der Waals surface area contributed by atoms with Gasteiger partial charge in [0.1, 0.15) is 6.10 Å². The van der Waals surface area contributed by atoms with Gasteiger partial charge in [-0.05, 0) is 44.8 Å². The maximum absolute atomic E-state index is 13.0. The maximum atomic E-state index is 13.0. The number of ether oxygens (including phenoxy) is 3. The predicted octanol–water partition coefficient (Wildman–Crippen LogP) is 3.89. The Kier molecular flexibility index (Phi) is 9.34. The first-order chi connectivity index (χ1) is 22.6. The van der Waals surface area contributed by atoms with Crippen molar-refractivity contribution in [1.29, 1.82) is 0 Å². The summed E-state index contributed by atoms with van der Waals surface area (Å²) in [6, 6.07) is 28.6. The molecule has 1 saturated heterocycles. The van der Waals surface area contributed by atoms with Crippen molar-refractivity contribution in [2.75, 3.05) is 19.5 Å². The largest absolute Gasteiger partial charge is 0.393 e. The Morgan fingerprint density at radius 2 is 1.49 bits per heavy atom. The van der Waals surface area contributed by atoms with E-state index < -0.39 is 45.4 Å². The molecule has 1 aromatic heterocycles. The van der Waals surface area contributed by atoms with Crippen LogP contribution in [-0.2, 0) is 46.6 Å². The number of benzene rings is 4. The second kappa shape index (κ2) is 13.6. The molecule has 0 amide bonds. The van der Waals surface area contributed by atoms with Gasteiger partial charge in [-0.25, -0.2) is 4.79 Å². The van der Waals surface area contributed by atoms with Crippen molar-refractivity contribution in [2.24, 2.45) is 5.16 Å². The maximum Gasteiger partial charge on any atom is 0.330 e. The Morgan fingerprint density at radius 1 is 0.872 bits per heavy atom. The van der Waals surface area contributed by atoms with Crippen molar-refractivity contribution in [2.45, 2.75) is 37.3 Å². The van der Waals surface area contributed by atoms with Gasteiger partial charge in [-0.2, -0.15) is 8.42 Å². The number of hydrogen-bond acceptors (Lipinski definition) is 10. The van der Waals surface area contributed by atoms with Gasteiger partial charge in [0, 0.05) is 19.0 Å². The Hall–Kier alpha value is -4.66. The van der Waals surface area contributed by atoms with Crippen LogP contribution in [0.1, 0.15) is 17.4 Å². The Morgan fingerprint density at radius 3 is 2.09 bits per heavy atom. The molecule has 4 aromatic carbocycles. The van der Waals surface area contributed by atoms with Crippen LogP contribution in [0.2, 0.25) is 0 Å². The first-order valence-corrected chi connectivity index (χ1v) is 16.6. The average molecular weight is 660 g/mol. The molecule has 0 unspecified atom stereocenters. The van der Waals surface area contributed by atoms with Crippen molar-refractivity contribution in [3.8, 4) is 0 Å². The minimum atomic E-state index is -4.13. The summed E-state index contributed by atoms with van der Waals surface area (Å²) < 4.78 is 51.0. The number of fused-ring (bicyclic) bond motifs is 2. The summed E-state index contributed by atoms with van der Waals surface area (Å²) in [7, 11) is -4.13. The minimum absolute atomic E-state index is 0.0175. The standard InChI is InChI=1S/C34H33N3O9S/c1-35-44-22-34(21-42-19-23-11-13-25-7-3-5-9-27(25)17-23)31(43-20-24-12-14-26-8-4-6-10-28(26)18-24)30(46-47(2,40)41)32(45-34)37-16-15-29(38)36-33(37)39/h3-18,30-32H,1,19-22H2,2H3,(H,36,38,39)/t30-,31-,32+,34-/m0/s1. The zero-order valence-corrected chi connectivity index (χ0v) is 26.3. The molecule has 5 aromatic rings. The van der Waals surface area contributed by atoms with E-state index in [-0.39, 0.29) is 26.4 Å². The van der Waals surface area contributed by atoms with Crippen molar-refractivity contribution < 1.29 is 31.6 Å². The summed E-state index contributed by atoms with van der Waals surface area (Å²) in [6.45, 7) is 3.10. The molecule has 1 aliphatic rings. The normalized spacial score (nSPS) is 21.3. The molecule has 0 aliphatic carbocycles. The van der Waals surface area contributed by atoms with E-state index in [0.29, 0.717) is 0 Å². The van der Waals surface area contributed by atoms with Gasteiger partial charge in [0.25, 0.3) is 15.7 Å². The van der Waals surface area contributed by atoms with Gasteiger partial charge in [-0.15, -0.1) is 5.16 Å². The van der Waals surface area contributed by atoms with Gasteiger partial charge in [-0.1, -0.05) is 72.8 Å². The van der Waals surface area contributed by atoms with Crippen molar-refractivity contribution in [3.63, 3.8) is 0 Å². The van der Waals surface area contributed by atoms with Gasteiger partial charge in [0.05, 0.1) is 26.1 Å². The van der Waals surface area contributed by atoms with Crippen LogP contribution in [0.4, 0.5) is 0 Å². The second-order valence-electron chi connectivity index (χ2n) is 11.3. The van der Waals surface area contributed by atoms with Crippen LogP contribution in [0.5, 0.6) is 0 Å². The highest BCUT2D eigenvalue weighted by molar-refractivity contribution is 7.86. The number of aromatic amines is 1. The molecule has 1 aliphatic heterocycles. The molecule has 13 heteroatoms. The number of H-pyrrole nitrogens is 1. The molecule has 2 heterocycles. The van der Waals surface area contributed by atoms with Crippen LogP contribution in [0.15, 0.2) is 112 Å². The Labute approximate surface area is 270 Å². The van der Waals surface area contributed by atoms with E-state index >= 15 is 0 Å². The number of rotatable bonds is 13. The summed E-state index contributed by atoms with van der Waals surface area (Å²) >= 11 is 0. The fraction of sp³-hybridized carbons (Fsp3) is 0.265. The summed E-state index contributed by atoms with van der Waals surface area (Å²) in [5.41, 5.74) is -1.37. The molecule has 1 fully saturated rings. The van der Waals surface area contributed by atoms with Gasteiger partial charge in [-0.3, -0.25) is 18.5 Å². The highest BCUT2D eigenvalue weighted by Crippen LogP contribution is 2.42. The summed E-state index contributed by atoms with van der Waals surface area (Å²) in [5, 5.41) is 7.69. The smallest absolute Gasteiger partial charge is 0.330 e. The molecule has 0 bridgehead atoms. The van der Waals surface area contributed by atoms with Gasteiger partial charge < -0.3 is 19.0 Å². The van der Waals surface area contributed by atoms with Crippen LogP contribution in [-0.4, -0.2) is 62.0 Å². The number of oxime groups is 1. The number of aromatic nitrogens is 2. The third-order valence-corrected chi connectivity index (χ3v) is 8.51. The quantitative estimate of drug-likeness (QED) is 0.113. The SMILES string of the molecule is C=NOC[C@]1(COCc2ccc3ccccc3c2)O[C@@H](n2ccc(=O)[nH]c2=O)[C@@H](OS(C)(=O)=O)[C@@H]1OCc1ccc2ccccc2c1. The molecular weight excluding hydrogens is 626 g/mol. The van der Waals surface area contributed by atoms with E-state index in [1.807, 2.05) is 84.9 Å². The highest BCUT2D eigenvalue weighted by atomic mass is 32.2. The lowest BCUT2D eigenvalue weighted by atomic mass is 9.96. The van der Waals surface area contributed by atoms with Crippen molar-refractivity contribution >= 4 is 38.4 Å². The number of nitrogens with zero attached hydrogens (tertiary/aromatic N) is 2. The fourth-order valence-corrected chi connectivity index (χ4v) is 6.43. The number of hydrogen-bond donors (Lipinski definition) is 1. The molecule has 12 nitrogen and oxygen atoms in total. The van der Waals surface area contributed by atoms with Crippen LogP contribution in [0.3, 0.4) is 0 Å². The second-order valence-corrected chi connectivity index (χ2v) is 12.9. The van der Waals surface area contributed by atoms with Crippen LogP contribution in [0, 0.1) is 0 Å². The van der Waals surface area contributed by atoms with E-state index in [9.17, 15) is 18.0 Å². The first kappa shape index (κ1) is 32.3. The molecular formula is C34H33N3O9S. The average Bonchev–Trinajstić information content (AvgIpc) is 3.33. The summed E-state index contributed by atoms with van der Waals surface area (Å²) in [4.78, 5) is 32.4. The molecule has 244 valence electrons. The van der Waals surface area contributed by atoms with Gasteiger partial charge in [0.15, 0.2) is 24.5 Å². The zero-order valence-electron chi connectivity index (χ0n) is 25.5. The molecule has 47 heavy (non-hydrogen) atoms. The van der Waals surface area contributed by atoms with E-state index in [1.165, 1.54) is 6.20 Å². The summed E-state index contributed by atoms with van der Waals surface area (Å²) in [5.74, 6) is 0. The monoisotopic (exact) mass is 659 g/mol. The lowest BCUT2D eigenvalue weighted by molar-refractivity contribution is -0.184. The predicted molar refractivity (Wildman–Crippen MR) is 176 cm³/mol. The molecule has 0 radical (unpaired) electrons. The molecule has 4 atom stereocenters. The summed E-state index contributed by atoms with van der Waals surface area (Å²) in [6.07, 6.45) is -1.90. The first-order valence-electron chi connectivity index (χ1n) is 14.7. The van der Waals surface area contributed by atoms with Crippen LogP contribution < -0.4 is 11.2 Å².